The van der Waals surface area contributed by atoms with Crippen molar-refractivity contribution >= 4 is 5.69 Å². The van der Waals surface area contributed by atoms with E-state index >= 15 is 0 Å². The second kappa shape index (κ2) is 8.94. The van der Waals surface area contributed by atoms with Crippen molar-refractivity contribution in [3.8, 4) is 0 Å². The molecule has 3 nitrogen and oxygen atoms in total. The predicted octanol–water partition coefficient (Wildman–Crippen LogP) is 3.12. The van der Waals surface area contributed by atoms with Crippen LogP contribution in [0.25, 0.3) is 0 Å². The molecule has 0 aliphatic heterocycles. The van der Waals surface area contributed by atoms with Gasteiger partial charge in [0.05, 0.1) is 6.61 Å². The number of anilines is 1. The molecule has 108 valence electrons. The van der Waals surface area contributed by atoms with Crippen molar-refractivity contribution in [3.63, 3.8) is 0 Å². The molecule has 2 N–H and O–H groups in total. The maximum atomic E-state index is 5.72. The Morgan fingerprint density at radius 3 is 2.42 bits per heavy atom. The van der Waals surface area contributed by atoms with E-state index in [1.807, 2.05) is 19.1 Å². The molecule has 0 amide bonds. The number of hydrogen-bond donors (Lipinski definition) is 1. The van der Waals surface area contributed by atoms with E-state index in [0.717, 1.165) is 38.5 Å². The molecule has 19 heavy (non-hydrogen) atoms. The summed E-state index contributed by atoms with van der Waals surface area (Å²) in [7, 11) is 0. The highest BCUT2D eigenvalue weighted by molar-refractivity contribution is 5.40. The summed E-state index contributed by atoms with van der Waals surface area (Å²) in [5.41, 5.74) is 7.92. The summed E-state index contributed by atoms with van der Waals surface area (Å²) in [5, 5.41) is 0. The minimum absolute atomic E-state index is 0.571. The third kappa shape index (κ3) is 6.08. The number of nitrogens with two attached hydrogens (primary N) is 1. The van der Waals surface area contributed by atoms with Crippen molar-refractivity contribution in [2.45, 2.75) is 33.1 Å². The van der Waals surface area contributed by atoms with E-state index < -0.39 is 0 Å². The summed E-state index contributed by atoms with van der Waals surface area (Å²) >= 11 is 0. The van der Waals surface area contributed by atoms with Crippen LogP contribution in [0.1, 0.15) is 38.7 Å². The van der Waals surface area contributed by atoms with Crippen LogP contribution < -0.4 is 5.73 Å². The highest BCUT2D eigenvalue weighted by Crippen LogP contribution is 2.20. The zero-order valence-corrected chi connectivity index (χ0v) is 12.6. The zero-order valence-electron chi connectivity index (χ0n) is 12.6. The quantitative estimate of drug-likeness (QED) is 0.550. The van der Waals surface area contributed by atoms with Gasteiger partial charge in [-0.3, -0.25) is 0 Å². The highest BCUT2D eigenvalue weighted by Gasteiger charge is 2.08. The highest BCUT2D eigenvalue weighted by atomic mass is 16.5. The van der Waals surface area contributed by atoms with Crippen LogP contribution in [0.3, 0.4) is 0 Å². The second-order valence-corrected chi connectivity index (χ2v) is 4.99. The van der Waals surface area contributed by atoms with Gasteiger partial charge in [0.1, 0.15) is 0 Å². The number of nitrogens with zero attached hydrogens (tertiary/aromatic N) is 1. The lowest BCUT2D eigenvalue weighted by Crippen LogP contribution is -2.29. The van der Waals surface area contributed by atoms with Gasteiger partial charge in [-0.15, -0.1) is 0 Å². The van der Waals surface area contributed by atoms with Crippen LogP contribution in [0.5, 0.6) is 0 Å². The van der Waals surface area contributed by atoms with Crippen LogP contribution in [0, 0.1) is 0 Å². The lowest BCUT2D eigenvalue weighted by Gasteiger charge is -2.22. The number of nitrogen functional groups attached to an aromatic ring is 1. The number of hydrogen-bond acceptors (Lipinski definition) is 3. The Hall–Kier alpha value is -1.06. The van der Waals surface area contributed by atoms with Gasteiger partial charge in [-0.25, -0.2) is 0 Å². The summed E-state index contributed by atoms with van der Waals surface area (Å²) in [4.78, 5) is 2.45. The summed E-state index contributed by atoms with van der Waals surface area (Å²) in [5.74, 6) is 0.571. The van der Waals surface area contributed by atoms with Crippen molar-refractivity contribution < 1.29 is 4.74 Å². The van der Waals surface area contributed by atoms with Crippen LogP contribution in [-0.4, -0.2) is 37.7 Å². The Labute approximate surface area is 117 Å². The van der Waals surface area contributed by atoms with Crippen LogP contribution in [0.4, 0.5) is 5.69 Å². The van der Waals surface area contributed by atoms with Crippen LogP contribution in [0.2, 0.25) is 0 Å². The average molecular weight is 264 g/mol. The zero-order chi connectivity index (χ0) is 14.1. The fourth-order valence-electron chi connectivity index (χ4n) is 2.13. The smallest absolute Gasteiger partial charge is 0.0593 e. The van der Waals surface area contributed by atoms with Gasteiger partial charge < -0.3 is 15.4 Å². The molecule has 0 aliphatic carbocycles. The SMILES string of the molecule is CCOCCN(CC)CCC(C)c1ccc(N)cc1. The molecule has 0 saturated carbocycles. The summed E-state index contributed by atoms with van der Waals surface area (Å²) in [6.45, 7) is 11.4. The van der Waals surface area contributed by atoms with Crippen molar-refractivity contribution in [1.29, 1.82) is 0 Å². The van der Waals surface area contributed by atoms with E-state index in [9.17, 15) is 0 Å². The first-order chi connectivity index (χ1) is 9.17. The molecule has 0 heterocycles. The van der Waals surface area contributed by atoms with Gasteiger partial charge in [0.15, 0.2) is 0 Å². The summed E-state index contributed by atoms with van der Waals surface area (Å²) in [6, 6.07) is 8.24. The molecule has 0 spiro atoms. The lowest BCUT2D eigenvalue weighted by molar-refractivity contribution is 0.114. The summed E-state index contributed by atoms with van der Waals surface area (Å²) < 4.78 is 5.41. The standard InChI is InChI=1S/C16H28N2O/c1-4-18(12-13-19-5-2)11-10-14(3)15-6-8-16(17)9-7-15/h6-9,14H,4-5,10-13,17H2,1-3H3. The van der Waals surface area contributed by atoms with Crippen molar-refractivity contribution in [2.24, 2.45) is 0 Å². The predicted molar refractivity (Wildman–Crippen MR) is 82.5 cm³/mol. The van der Waals surface area contributed by atoms with Gasteiger partial charge in [-0.1, -0.05) is 26.0 Å². The number of rotatable bonds is 9. The maximum Gasteiger partial charge on any atom is 0.0593 e. The van der Waals surface area contributed by atoms with Gasteiger partial charge in [-0.2, -0.15) is 0 Å². The second-order valence-electron chi connectivity index (χ2n) is 4.99. The van der Waals surface area contributed by atoms with Crippen LogP contribution in [-0.2, 0) is 4.74 Å². The minimum Gasteiger partial charge on any atom is -0.399 e. The van der Waals surface area contributed by atoms with E-state index in [1.165, 1.54) is 12.0 Å². The Kier molecular flexibility index (Phi) is 7.53. The normalized spacial score (nSPS) is 12.8. The van der Waals surface area contributed by atoms with E-state index in [4.69, 9.17) is 10.5 Å². The first-order valence-corrected chi connectivity index (χ1v) is 7.32. The number of ether oxygens (including phenoxy) is 1. The van der Waals surface area contributed by atoms with Crippen LogP contribution >= 0.6 is 0 Å². The molecule has 0 saturated heterocycles. The lowest BCUT2D eigenvalue weighted by atomic mass is 9.97. The van der Waals surface area contributed by atoms with Crippen molar-refractivity contribution in [2.75, 3.05) is 38.6 Å². The molecule has 1 atom stereocenters. The minimum atomic E-state index is 0.571. The molecular weight excluding hydrogens is 236 g/mol. The monoisotopic (exact) mass is 264 g/mol. The molecule has 1 rings (SSSR count). The van der Waals surface area contributed by atoms with Gasteiger partial charge in [-0.05, 0) is 50.0 Å². The molecule has 1 aromatic rings. The van der Waals surface area contributed by atoms with Crippen molar-refractivity contribution in [1.82, 2.24) is 4.90 Å². The first-order valence-electron chi connectivity index (χ1n) is 7.32. The largest absolute Gasteiger partial charge is 0.399 e. The third-order valence-electron chi connectivity index (χ3n) is 3.59. The molecule has 1 unspecified atom stereocenters. The Balaban J connectivity index is 2.34. The fourth-order valence-corrected chi connectivity index (χ4v) is 2.13. The van der Waals surface area contributed by atoms with Gasteiger partial charge in [0.25, 0.3) is 0 Å². The van der Waals surface area contributed by atoms with E-state index in [2.05, 4.69) is 30.9 Å². The van der Waals surface area contributed by atoms with Gasteiger partial charge in [0.2, 0.25) is 0 Å². The molecule has 0 aromatic heterocycles. The topological polar surface area (TPSA) is 38.5 Å². The third-order valence-corrected chi connectivity index (χ3v) is 3.59. The molecule has 0 aliphatic rings. The van der Waals surface area contributed by atoms with E-state index in [1.54, 1.807) is 0 Å². The van der Waals surface area contributed by atoms with Gasteiger partial charge >= 0.3 is 0 Å². The molecule has 3 heteroatoms. The molecule has 0 fully saturated rings. The fraction of sp³-hybridized carbons (Fsp3) is 0.625. The Bertz CT molecular complexity index is 337. The molecule has 0 bridgehead atoms. The average Bonchev–Trinajstić information content (AvgIpc) is 2.43. The molecule has 1 aromatic carbocycles. The molecular formula is C16H28N2O. The first kappa shape index (κ1) is 16.0. The van der Waals surface area contributed by atoms with Crippen LogP contribution in [0.15, 0.2) is 24.3 Å². The molecule has 0 radical (unpaired) electrons. The van der Waals surface area contributed by atoms with Crippen molar-refractivity contribution in [3.05, 3.63) is 29.8 Å². The Morgan fingerprint density at radius 2 is 1.84 bits per heavy atom. The van der Waals surface area contributed by atoms with Gasteiger partial charge in [0, 0.05) is 18.8 Å². The van der Waals surface area contributed by atoms with E-state index in [-0.39, 0.29) is 0 Å². The van der Waals surface area contributed by atoms with E-state index in [0.29, 0.717) is 5.92 Å². The Morgan fingerprint density at radius 1 is 1.16 bits per heavy atom. The maximum absolute atomic E-state index is 5.72. The summed E-state index contributed by atoms with van der Waals surface area (Å²) in [6.07, 6.45) is 1.17. The number of benzene rings is 1. The number of likely N-dealkylation sites (N-methyl/N-ethyl adjacent to an activating group) is 1.